The number of allylic oxidation sites excluding steroid dienone is 1. The number of ether oxygens (including phenoxy) is 1. The van der Waals surface area contributed by atoms with E-state index in [0.717, 1.165) is 19.4 Å². The van der Waals surface area contributed by atoms with Crippen molar-refractivity contribution >= 4 is 24.0 Å². The molecule has 122 valence electrons. The first kappa shape index (κ1) is 16.6. The lowest BCUT2D eigenvalue weighted by Crippen LogP contribution is -2.37. The van der Waals surface area contributed by atoms with Gasteiger partial charge in [0.1, 0.15) is 0 Å². The van der Waals surface area contributed by atoms with Crippen LogP contribution in [-0.2, 0) is 4.74 Å². The predicted molar refractivity (Wildman–Crippen MR) is 86.1 cm³/mol. The number of nitrogens with one attached hydrogen (secondary N) is 2. The van der Waals surface area contributed by atoms with Crippen LogP contribution in [0.15, 0.2) is 35.4 Å². The smallest absolute Gasteiger partial charge is 0.335 e. The second-order valence-corrected chi connectivity index (χ2v) is 4.91. The SMILES string of the molecule is O=C(NCC1CCCO1)NN=CC=Cc1ccccc1[N+](=O)[O-]. The Morgan fingerprint density at radius 3 is 3.04 bits per heavy atom. The monoisotopic (exact) mass is 318 g/mol. The van der Waals surface area contributed by atoms with Crippen LogP contribution in [0.25, 0.3) is 6.08 Å². The van der Waals surface area contributed by atoms with Crippen molar-refractivity contribution in [3.05, 3.63) is 46.0 Å². The van der Waals surface area contributed by atoms with Gasteiger partial charge in [-0.05, 0) is 31.1 Å². The van der Waals surface area contributed by atoms with Crippen LogP contribution >= 0.6 is 0 Å². The van der Waals surface area contributed by atoms with Crippen molar-refractivity contribution < 1.29 is 14.5 Å². The number of hydrogen-bond acceptors (Lipinski definition) is 5. The van der Waals surface area contributed by atoms with E-state index in [9.17, 15) is 14.9 Å². The highest BCUT2D eigenvalue weighted by atomic mass is 16.6. The standard InChI is InChI=1S/C15H18N4O4/c20-15(16-11-13-7-4-10-23-13)18-17-9-3-6-12-5-1-2-8-14(12)19(21)22/h1-3,5-6,8-9,13H,4,7,10-11H2,(H2,16,18,20). The number of benzene rings is 1. The molecule has 0 radical (unpaired) electrons. The Morgan fingerprint density at radius 2 is 2.30 bits per heavy atom. The Morgan fingerprint density at radius 1 is 1.48 bits per heavy atom. The summed E-state index contributed by atoms with van der Waals surface area (Å²) < 4.78 is 5.38. The highest BCUT2D eigenvalue weighted by Gasteiger charge is 2.15. The van der Waals surface area contributed by atoms with Gasteiger partial charge in [-0.2, -0.15) is 5.10 Å². The van der Waals surface area contributed by atoms with Crippen LogP contribution in [-0.4, -0.2) is 36.4 Å². The average Bonchev–Trinajstić information content (AvgIpc) is 3.06. The highest BCUT2D eigenvalue weighted by molar-refractivity contribution is 5.81. The molecule has 2 amide bonds. The number of amides is 2. The zero-order valence-electron chi connectivity index (χ0n) is 12.5. The number of carbonyl (C=O) groups excluding carboxylic acids is 1. The fraction of sp³-hybridized carbons (Fsp3) is 0.333. The fourth-order valence-corrected chi connectivity index (χ4v) is 2.13. The Bertz CT molecular complexity index is 609. The normalized spacial score (nSPS) is 17.7. The molecule has 1 aliphatic heterocycles. The number of para-hydroxylation sites is 1. The molecule has 1 aliphatic rings. The molecule has 0 saturated carbocycles. The van der Waals surface area contributed by atoms with Crippen LogP contribution in [0, 0.1) is 10.1 Å². The van der Waals surface area contributed by atoms with E-state index in [1.807, 2.05) is 0 Å². The molecule has 8 nitrogen and oxygen atoms in total. The summed E-state index contributed by atoms with van der Waals surface area (Å²) in [5, 5.41) is 17.2. The van der Waals surface area contributed by atoms with Gasteiger partial charge in [0.05, 0.1) is 16.6 Å². The predicted octanol–water partition coefficient (Wildman–Crippen LogP) is 2.07. The number of nitrogens with zero attached hydrogens (tertiary/aromatic N) is 2. The minimum atomic E-state index is -0.451. The van der Waals surface area contributed by atoms with Crippen LogP contribution in [0.1, 0.15) is 18.4 Å². The third-order valence-corrected chi connectivity index (χ3v) is 3.25. The number of hydrazone groups is 1. The molecule has 0 aromatic heterocycles. The van der Waals surface area contributed by atoms with Crippen LogP contribution in [0.4, 0.5) is 10.5 Å². The molecule has 23 heavy (non-hydrogen) atoms. The number of hydrogen-bond donors (Lipinski definition) is 2. The lowest BCUT2D eigenvalue weighted by molar-refractivity contribution is -0.385. The average molecular weight is 318 g/mol. The minimum absolute atomic E-state index is 0.0133. The summed E-state index contributed by atoms with van der Waals surface area (Å²) in [4.78, 5) is 21.9. The first-order valence-corrected chi connectivity index (χ1v) is 7.25. The maximum Gasteiger partial charge on any atom is 0.335 e. The van der Waals surface area contributed by atoms with Gasteiger partial charge in [-0.1, -0.05) is 12.1 Å². The number of nitro groups is 1. The van der Waals surface area contributed by atoms with Gasteiger partial charge < -0.3 is 10.1 Å². The van der Waals surface area contributed by atoms with Crippen molar-refractivity contribution in [2.24, 2.45) is 5.10 Å². The molecule has 1 unspecified atom stereocenters. The van der Waals surface area contributed by atoms with E-state index >= 15 is 0 Å². The summed E-state index contributed by atoms with van der Waals surface area (Å²) in [5.41, 5.74) is 2.79. The number of rotatable bonds is 6. The van der Waals surface area contributed by atoms with Crippen molar-refractivity contribution in [3.63, 3.8) is 0 Å². The van der Waals surface area contributed by atoms with E-state index in [1.165, 1.54) is 18.4 Å². The van der Waals surface area contributed by atoms with Crippen LogP contribution < -0.4 is 10.7 Å². The molecule has 0 spiro atoms. The first-order valence-electron chi connectivity index (χ1n) is 7.25. The minimum Gasteiger partial charge on any atom is -0.376 e. The lowest BCUT2D eigenvalue weighted by atomic mass is 10.2. The summed E-state index contributed by atoms with van der Waals surface area (Å²) in [6.45, 7) is 1.19. The summed E-state index contributed by atoms with van der Waals surface area (Å²) in [5.74, 6) is 0. The fourth-order valence-electron chi connectivity index (χ4n) is 2.13. The van der Waals surface area contributed by atoms with E-state index in [1.54, 1.807) is 24.3 Å². The van der Waals surface area contributed by atoms with Gasteiger partial charge >= 0.3 is 6.03 Å². The Kier molecular flexibility index (Phi) is 6.25. The molecule has 1 saturated heterocycles. The third-order valence-electron chi connectivity index (χ3n) is 3.25. The molecular weight excluding hydrogens is 300 g/mol. The zero-order chi connectivity index (χ0) is 16.5. The van der Waals surface area contributed by atoms with Crippen molar-refractivity contribution in [2.75, 3.05) is 13.2 Å². The van der Waals surface area contributed by atoms with E-state index in [0.29, 0.717) is 12.1 Å². The van der Waals surface area contributed by atoms with E-state index in [-0.39, 0.29) is 11.8 Å². The van der Waals surface area contributed by atoms with Gasteiger partial charge in [-0.3, -0.25) is 10.1 Å². The molecule has 1 atom stereocenters. The number of carbonyl (C=O) groups is 1. The summed E-state index contributed by atoms with van der Waals surface area (Å²) >= 11 is 0. The van der Waals surface area contributed by atoms with Crippen LogP contribution in [0.2, 0.25) is 0 Å². The molecule has 2 rings (SSSR count). The summed E-state index contributed by atoms with van der Waals surface area (Å²) in [6, 6.07) is 5.94. The molecule has 1 fully saturated rings. The van der Waals surface area contributed by atoms with Gasteiger partial charge in [0, 0.05) is 25.4 Å². The molecule has 8 heteroatoms. The second kappa shape index (κ2) is 8.64. The van der Waals surface area contributed by atoms with E-state index in [2.05, 4.69) is 15.8 Å². The first-order chi connectivity index (χ1) is 11.2. The van der Waals surface area contributed by atoms with Crippen molar-refractivity contribution in [1.82, 2.24) is 10.7 Å². The maximum absolute atomic E-state index is 11.5. The topological polar surface area (TPSA) is 106 Å². The number of nitro benzene ring substituents is 1. The van der Waals surface area contributed by atoms with Crippen molar-refractivity contribution in [2.45, 2.75) is 18.9 Å². The van der Waals surface area contributed by atoms with Gasteiger partial charge in [0.15, 0.2) is 0 Å². The maximum atomic E-state index is 11.5. The summed E-state index contributed by atoms with van der Waals surface area (Å²) in [6.07, 6.45) is 6.45. The third kappa shape index (κ3) is 5.51. The molecule has 1 aromatic rings. The molecular formula is C15H18N4O4. The summed E-state index contributed by atoms with van der Waals surface area (Å²) in [7, 11) is 0. The molecule has 2 N–H and O–H groups in total. The highest BCUT2D eigenvalue weighted by Crippen LogP contribution is 2.18. The quantitative estimate of drug-likeness (QED) is 0.476. The van der Waals surface area contributed by atoms with Crippen LogP contribution in [0.3, 0.4) is 0 Å². The molecule has 0 aliphatic carbocycles. The van der Waals surface area contributed by atoms with Crippen molar-refractivity contribution in [1.29, 1.82) is 0 Å². The van der Waals surface area contributed by atoms with Crippen molar-refractivity contribution in [3.8, 4) is 0 Å². The number of urea groups is 1. The second-order valence-electron chi connectivity index (χ2n) is 4.91. The van der Waals surface area contributed by atoms with Gasteiger partial charge in [0.25, 0.3) is 5.69 Å². The van der Waals surface area contributed by atoms with E-state index in [4.69, 9.17) is 4.74 Å². The Labute approximate surface area is 133 Å². The van der Waals surface area contributed by atoms with Gasteiger partial charge in [-0.15, -0.1) is 0 Å². The van der Waals surface area contributed by atoms with E-state index < -0.39 is 11.0 Å². The Hall–Kier alpha value is -2.74. The molecule has 0 bridgehead atoms. The Balaban J connectivity index is 1.75. The zero-order valence-corrected chi connectivity index (χ0v) is 12.5. The lowest BCUT2D eigenvalue weighted by Gasteiger charge is -2.09. The van der Waals surface area contributed by atoms with Gasteiger partial charge in [-0.25, -0.2) is 10.2 Å². The molecule has 1 aromatic carbocycles. The van der Waals surface area contributed by atoms with Gasteiger partial charge in [0.2, 0.25) is 0 Å². The van der Waals surface area contributed by atoms with Crippen LogP contribution in [0.5, 0.6) is 0 Å². The molecule has 1 heterocycles. The largest absolute Gasteiger partial charge is 0.376 e.